The molecule has 1 aliphatic rings. The Morgan fingerprint density at radius 2 is 2.04 bits per heavy atom. The summed E-state index contributed by atoms with van der Waals surface area (Å²) in [5.41, 5.74) is 2.51. The van der Waals surface area contributed by atoms with E-state index >= 15 is 0 Å². The van der Waals surface area contributed by atoms with Gasteiger partial charge in [0.2, 0.25) is 5.91 Å². The first kappa shape index (κ1) is 21.7. The summed E-state index contributed by atoms with van der Waals surface area (Å²) in [5.74, 6) is 2.12. The van der Waals surface area contributed by atoms with Crippen molar-refractivity contribution in [3.8, 4) is 0 Å². The van der Waals surface area contributed by atoms with Gasteiger partial charge >= 0.3 is 0 Å². The SMILES string of the molecule is O=C(NCCSCc1cccc(Cl)c1)C1CCCN(Cc2cccc(Br)c2)C1. The molecule has 0 saturated carbocycles. The van der Waals surface area contributed by atoms with Gasteiger partial charge in [-0.3, -0.25) is 9.69 Å². The van der Waals surface area contributed by atoms with Gasteiger partial charge in [-0.25, -0.2) is 0 Å². The second kappa shape index (κ2) is 11.2. The van der Waals surface area contributed by atoms with E-state index in [2.05, 4.69) is 50.4 Å². The molecule has 0 radical (unpaired) electrons. The monoisotopic (exact) mass is 480 g/mol. The fraction of sp³-hybridized carbons (Fsp3) is 0.409. The summed E-state index contributed by atoms with van der Waals surface area (Å²) in [7, 11) is 0. The number of thioether (sulfide) groups is 1. The summed E-state index contributed by atoms with van der Waals surface area (Å²) in [5, 5.41) is 3.90. The number of nitrogens with zero attached hydrogens (tertiary/aromatic N) is 1. The normalized spacial score (nSPS) is 17.4. The number of rotatable bonds is 8. The second-order valence-electron chi connectivity index (χ2n) is 7.18. The Labute approximate surface area is 185 Å². The van der Waals surface area contributed by atoms with Crippen LogP contribution in [0.25, 0.3) is 0 Å². The van der Waals surface area contributed by atoms with Crippen molar-refractivity contribution in [3.05, 3.63) is 69.2 Å². The maximum absolute atomic E-state index is 12.6. The number of halogens is 2. The van der Waals surface area contributed by atoms with E-state index in [9.17, 15) is 4.79 Å². The highest BCUT2D eigenvalue weighted by Crippen LogP contribution is 2.21. The molecule has 2 aromatic rings. The van der Waals surface area contributed by atoms with Crippen molar-refractivity contribution in [1.82, 2.24) is 10.2 Å². The lowest BCUT2D eigenvalue weighted by atomic mass is 9.96. The van der Waals surface area contributed by atoms with Crippen molar-refractivity contribution >= 4 is 45.2 Å². The van der Waals surface area contributed by atoms with Crippen LogP contribution < -0.4 is 5.32 Å². The minimum Gasteiger partial charge on any atom is -0.355 e. The number of carbonyl (C=O) groups is 1. The molecule has 3 nitrogen and oxygen atoms in total. The van der Waals surface area contributed by atoms with Crippen LogP contribution in [0.3, 0.4) is 0 Å². The first-order valence-electron chi connectivity index (χ1n) is 9.67. The molecule has 1 heterocycles. The maximum Gasteiger partial charge on any atom is 0.224 e. The van der Waals surface area contributed by atoms with E-state index in [4.69, 9.17) is 11.6 Å². The lowest BCUT2D eigenvalue weighted by molar-refractivity contribution is -0.126. The first-order chi connectivity index (χ1) is 13.6. The average Bonchev–Trinajstić information content (AvgIpc) is 2.68. The largest absolute Gasteiger partial charge is 0.355 e. The van der Waals surface area contributed by atoms with Gasteiger partial charge in [0, 0.05) is 40.6 Å². The van der Waals surface area contributed by atoms with Gasteiger partial charge in [-0.1, -0.05) is 51.8 Å². The van der Waals surface area contributed by atoms with E-state index in [-0.39, 0.29) is 11.8 Å². The van der Waals surface area contributed by atoms with Crippen LogP contribution in [0.1, 0.15) is 24.0 Å². The lowest BCUT2D eigenvalue weighted by Gasteiger charge is -2.32. The first-order valence-corrected chi connectivity index (χ1v) is 12.0. The van der Waals surface area contributed by atoms with E-state index in [1.165, 1.54) is 11.1 Å². The van der Waals surface area contributed by atoms with Crippen molar-refractivity contribution in [2.24, 2.45) is 5.92 Å². The second-order valence-corrected chi connectivity index (χ2v) is 9.64. The van der Waals surface area contributed by atoms with Crippen molar-refractivity contribution in [1.29, 1.82) is 0 Å². The van der Waals surface area contributed by atoms with Crippen LogP contribution in [0, 0.1) is 5.92 Å². The van der Waals surface area contributed by atoms with Crippen molar-refractivity contribution in [2.45, 2.75) is 25.1 Å². The van der Waals surface area contributed by atoms with Crippen molar-refractivity contribution < 1.29 is 4.79 Å². The quantitative estimate of drug-likeness (QED) is 0.515. The van der Waals surface area contributed by atoms with Gasteiger partial charge in [0.05, 0.1) is 5.92 Å². The van der Waals surface area contributed by atoms with Gasteiger partial charge in [-0.2, -0.15) is 11.8 Å². The molecule has 0 spiro atoms. The van der Waals surface area contributed by atoms with Crippen LogP contribution in [0.5, 0.6) is 0 Å². The van der Waals surface area contributed by atoms with Gasteiger partial charge in [-0.15, -0.1) is 0 Å². The van der Waals surface area contributed by atoms with E-state index < -0.39 is 0 Å². The lowest BCUT2D eigenvalue weighted by Crippen LogP contribution is -2.43. The summed E-state index contributed by atoms with van der Waals surface area (Å²) >= 11 is 11.4. The third kappa shape index (κ3) is 7.11. The number of nitrogens with one attached hydrogen (secondary N) is 1. The minimum absolute atomic E-state index is 0.0961. The van der Waals surface area contributed by atoms with Gasteiger partial charge < -0.3 is 5.32 Å². The van der Waals surface area contributed by atoms with E-state index in [1.54, 1.807) is 0 Å². The van der Waals surface area contributed by atoms with Gasteiger partial charge in [-0.05, 0) is 54.8 Å². The molecular formula is C22H26BrClN2OS. The molecule has 6 heteroatoms. The Morgan fingerprint density at radius 1 is 1.21 bits per heavy atom. The van der Waals surface area contributed by atoms with Gasteiger partial charge in [0.25, 0.3) is 0 Å². The molecular weight excluding hydrogens is 456 g/mol. The number of benzene rings is 2. The molecule has 1 N–H and O–H groups in total. The topological polar surface area (TPSA) is 32.3 Å². The van der Waals surface area contributed by atoms with Crippen LogP contribution >= 0.6 is 39.3 Å². The number of amides is 1. The van der Waals surface area contributed by atoms with Gasteiger partial charge in [0.15, 0.2) is 0 Å². The van der Waals surface area contributed by atoms with E-state index in [0.717, 1.165) is 53.5 Å². The smallest absolute Gasteiger partial charge is 0.224 e. The van der Waals surface area contributed by atoms with Crippen LogP contribution in [0.15, 0.2) is 53.0 Å². The van der Waals surface area contributed by atoms with Crippen LogP contribution in [0.4, 0.5) is 0 Å². The molecule has 1 unspecified atom stereocenters. The standard InChI is InChI=1S/C22H26BrClN2OS/c23-20-7-1-4-17(12-20)14-26-10-3-6-19(15-26)22(27)25-9-11-28-16-18-5-2-8-21(24)13-18/h1-2,4-5,7-8,12-13,19H,3,6,9-11,14-16H2,(H,25,27). The Hall–Kier alpha value is -1.01. The highest BCUT2D eigenvalue weighted by atomic mass is 79.9. The summed E-state index contributed by atoms with van der Waals surface area (Å²) < 4.78 is 1.10. The fourth-order valence-electron chi connectivity index (χ4n) is 3.51. The molecule has 28 heavy (non-hydrogen) atoms. The summed E-state index contributed by atoms with van der Waals surface area (Å²) in [6.07, 6.45) is 2.06. The zero-order valence-electron chi connectivity index (χ0n) is 15.9. The predicted molar refractivity (Wildman–Crippen MR) is 123 cm³/mol. The predicted octanol–water partition coefficient (Wildman–Crippen LogP) is 5.36. The Morgan fingerprint density at radius 3 is 2.86 bits per heavy atom. The Kier molecular flexibility index (Phi) is 8.71. The number of piperidine rings is 1. The molecule has 1 saturated heterocycles. The Balaban J connectivity index is 1.36. The zero-order valence-corrected chi connectivity index (χ0v) is 19.0. The summed E-state index contributed by atoms with van der Waals surface area (Å²) in [4.78, 5) is 14.9. The molecule has 150 valence electrons. The fourth-order valence-corrected chi connectivity index (χ4v) is 4.98. The number of likely N-dealkylation sites (tertiary alicyclic amines) is 1. The van der Waals surface area contributed by atoms with Crippen molar-refractivity contribution in [2.75, 3.05) is 25.4 Å². The van der Waals surface area contributed by atoms with Gasteiger partial charge in [0.1, 0.15) is 0 Å². The zero-order chi connectivity index (χ0) is 19.8. The molecule has 1 aliphatic heterocycles. The summed E-state index contributed by atoms with van der Waals surface area (Å²) in [6, 6.07) is 16.3. The van der Waals surface area contributed by atoms with Crippen LogP contribution in [0.2, 0.25) is 5.02 Å². The van der Waals surface area contributed by atoms with E-state index in [1.807, 2.05) is 36.0 Å². The Bertz CT molecular complexity index is 789. The minimum atomic E-state index is 0.0961. The number of hydrogen-bond acceptors (Lipinski definition) is 3. The third-order valence-corrected chi connectivity index (χ3v) is 6.63. The molecule has 3 rings (SSSR count). The summed E-state index contributed by atoms with van der Waals surface area (Å²) in [6.45, 7) is 3.52. The number of carbonyl (C=O) groups excluding carboxylic acids is 1. The van der Waals surface area contributed by atoms with Crippen molar-refractivity contribution in [3.63, 3.8) is 0 Å². The van der Waals surface area contributed by atoms with Crippen LogP contribution in [-0.2, 0) is 17.1 Å². The maximum atomic E-state index is 12.6. The third-order valence-electron chi connectivity index (χ3n) is 4.87. The molecule has 2 aromatic carbocycles. The molecule has 1 atom stereocenters. The number of hydrogen-bond donors (Lipinski definition) is 1. The molecule has 1 amide bonds. The molecule has 1 fully saturated rings. The highest BCUT2D eigenvalue weighted by Gasteiger charge is 2.25. The van der Waals surface area contributed by atoms with Crippen LogP contribution in [-0.4, -0.2) is 36.2 Å². The molecule has 0 aromatic heterocycles. The van der Waals surface area contributed by atoms with E-state index in [0.29, 0.717) is 6.54 Å². The molecule has 0 aliphatic carbocycles. The highest BCUT2D eigenvalue weighted by molar-refractivity contribution is 9.10. The molecule has 0 bridgehead atoms. The average molecular weight is 482 g/mol.